The second-order valence-corrected chi connectivity index (χ2v) is 8.42. The van der Waals surface area contributed by atoms with E-state index in [4.69, 9.17) is 0 Å². The van der Waals surface area contributed by atoms with Crippen LogP contribution in [0.15, 0.2) is 59.8 Å². The minimum Gasteiger partial charge on any atom is -0.246 e. The van der Waals surface area contributed by atoms with Crippen molar-refractivity contribution in [2.24, 2.45) is 5.92 Å². The number of nitrogens with one attached hydrogen (secondary N) is 1. The molecule has 27 heavy (non-hydrogen) atoms. The highest BCUT2D eigenvalue weighted by atomic mass is 32.2. The lowest BCUT2D eigenvalue weighted by atomic mass is 10.0. The van der Waals surface area contributed by atoms with Gasteiger partial charge in [-0.3, -0.25) is 0 Å². The van der Waals surface area contributed by atoms with Gasteiger partial charge in [0.05, 0.1) is 11.4 Å². The van der Waals surface area contributed by atoms with Gasteiger partial charge in [0.1, 0.15) is 12.1 Å². The van der Waals surface area contributed by atoms with E-state index in [1.165, 1.54) is 23.1 Å². The van der Waals surface area contributed by atoms with E-state index in [1.54, 1.807) is 24.3 Å². The van der Waals surface area contributed by atoms with E-state index in [2.05, 4.69) is 28.7 Å². The van der Waals surface area contributed by atoms with Crippen LogP contribution in [-0.4, -0.2) is 23.2 Å². The van der Waals surface area contributed by atoms with Gasteiger partial charge in [-0.2, -0.15) is 4.98 Å². The Morgan fingerprint density at radius 3 is 2.30 bits per heavy atom. The molecule has 0 atom stereocenters. The molecule has 2 aromatic carbocycles. The lowest BCUT2D eigenvalue weighted by Gasteiger charge is -2.07. The molecule has 1 N–H and O–H groups in total. The van der Waals surface area contributed by atoms with Crippen molar-refractivity contribution in [3.05, 3.63) is 71.8 Å². The van der Waals surface area contributed by atoms with E-state index in [-0.39, 0.29) is 16.7 Å². The molecule has 1 heterocycles. The molecule has 0 amide bonds. The first-order valence-corrected chi connectivity index (χ1v) is 10.1. The molecule has 0 aliphatic rings. The van der Waals surface area contributed by atoms with E-state index >= 15 is 0 Å². The second kappa shape index (κ2) is 7.87. The molecule has 0 spiro atoms. The molecule has 0 saturated carbocycles. The monoisotopic (exact) mass is 388 g/mol. The fraction of sp³-hybridized carbons (Fsp3) is 0.263. The first-order valence-electron chi connectivity index (χ1n) is 8.57. The predicted octanol–water partition coefficient (Wildman–Crippen LogP) is 3.46. The molecular formula is C19H21FN4O2S. The fourth-order valence-corrected chi connectivity index (χ4v) is 3.60. The predicted molar refractivity (Wildman–Crippen MR) is 101 cm³/mol. The van der Waals surface area contributed by atoms with Crippen LogP contribution in [0.1, 0.15) is 25.0 Å². The minimum absolute atomic E-state index is 0.0108. The Morgan fingerprint density at radius 2 is 1.67 bits per heavy atom. The zero-order chi connectivity index (χ0) is 19.4. The van der Waals surface area contributed by atoms with Crippen LogP contribution in [0, 0.1) is 11.7 Å². The van der Waals surface area contributed by atoms with Crippen LogP contribution in [0.25, 0.3) is 0 Å². The molecule has 0 saturated heterocycles. The minimum atomic E-state index is -3.76. The maximum atomic E-state index is 13.0. The van der Waals surface area contributed by atoms with Gasteiger partial charge >= 0.3 is 0 Å². The number of rotatable bonds is 7. The largest absolute Gasteiger partial charge is 0.264 e. The first kappa shape index (κ1) is 19.0. The van der Waals surface area contributed by atoms with Crippen LogP contribution < -0.4 is 4.72 Å². The molecular weight excluding hydrogens is 367 g/mol. The maximum Gasteiger partial charge on any atom is 0.264 e. The second-order valence-electron chi connectivity index (χ2n) is 6.74. The smallest absolute Gasteiger partial charge is 0.246 e. The van der Waals surface area contributed by atoms with Crippen LogP contribution in [0.3, 0.4) is 0 Å². The van der Waals surface area contributed by atoms with Crippen molar-refractivity contribution >= 4 is 16.0 Å². The number of anilines is 1. The molecule has 3 rings (SSSR count). The summed E-state index contributed by atoms with van der Waals surface area (Å²) < 4.78 is 41.8. The SMILES string of the molecule is CC(C)Cc1ccc(S(=O)(=O)Nc2ncn(Cc3ccc(F)cc3)n2)cc1. The highest BCUT2D eigenvalue weighted by molar-refractivity contribution is 7.92. The summed E-state index contributed by atoms with van der Waals surface area (Å²) in [5, 5.41) is 4.12. The normalized spacial score (nSPS) is 11.7. The average molecular weight is 388 g/mol. The van der Waals surface area contributed by atoms with Crippen molar-refractivity contribution in [3.63, 3.8) is 0 Å². The van der Waals surface area contributed by atoms with E-state index in [1.807, 2.05) is 12.1 Å². The lowest BCUT2D eigenvalue weighted by Crippen LogP contribution is -2.14. The summed E-state index contributed by atoms with van der Waals surface area (Å²) in [5.41, 5.74) is 1.92. The van der Waals surface area contributed by atoms with Crippen LogP contribution in [-0.2, 0) is 23.0 Å². The number of aromatic nitrogens is 3. The van der Waals surface area contributed by atoms with Crippen molar-refractivity contribution in [1.82, 2.24) is 14.8 Å². The molecule has 0 unspecified atom stereocenters. The van der Waals surface area contributed by atoms with E-state index < -0.39 is 10.0 Å². The van der Waals surface area contributed by atoms with Crippen LogP contribution in [0.5, 0.6) is 0 Å². The summed E-state index contributed by atoms with van der Waals surface area (Å²) in [6.07, 6.45) is 2.32. The Labute approximate surface area is 158 Å². The zero-order valence-corrected chi connectivity index (χ0v) is 15.9. The number of sulfonamides is 1. The van der Waals surface area contributed by atoms with Crippen molar-refractivity contribution in [2.75, 3.05) is 4.72 Å². The summed E-state index contributed by atoms with van der Waals surface area (Å²) in [5.74, 6) is 0.174. The Balaban J connectivity index is 1.69. The summed E-state index contributed by atoms with van der Waals surface area (Å²) in [4.78, 5) is 4.14. The Bertz CT molecular complexity index is 997. The molecule has 8 heteroatoms. The molecule has 6 nitrogen and oxygen atoms in total. The van der Waals surface area contributed by atoms with Gasteiger partial charge in [-0.15, -0.1) is 5.10 Å². The topological polar surface area (TPSA) is 76.9 Å². The number of hydrogen-bond acceptors (Lipinski definition) is 4. The van der Waals surface area contributed by atoms with Crippen LogP contribution in [0.4, 0.5) is 10.3 Å². The lowest BCUT2D eigenvalue weighted by molar-refractivity contribution is 0.600. The Morgan fingerprint density at radius 1 is 1.04 bits per heavy atom. The van der Waals surface area contributed by atoms with Crippen molar-refractivity contribution in [1.29, 1.82) is 0 Å². The Hall–Kier alpha value is -2.74. The average Bonchev–Trinajstić information content (AvgIpc) is 3.03. The number of benzene rings is 2. The van der Waals surface area contributed by atoms with E-state index in [0.717, 1.165) is 17.5 Å². The highest BCUT2D eigenvalue weighted by Gasteiger charge is 2.16. The third-order valence-corrected chi connectivity index (χ3v) is 5.24. The third kappa shape index (κ3) is 5.13. The standard InChI is InChI=1S/C19H21FN4O2S/c1-14(2)11-15-5-9-18(10-6-15)27(25,26)23-19-21-13-24(22-19)12-16-3-7-17(20)8-4-16/h3-10,13-14H,11-12H2,1-2H3,(H,22,23). The molecule has 3 aromatic rings. The summed E-state index contributed by atoms with van der Waals surface area (Å²) in [7, 11) is -3.76. The molecule has 0 bridgehead atoms. The summed E-state index contributed by atoms with van der Waals surface area (Å²) in [6.45, 7) is 4.58. The molecule has 0 aliphatic heterocycles. The highest BCUT2D eigenvalue weighted by Crippen LogP contribution is 2.16. The van der Waals surface area contributed by atoms with Gasteiger partial charge in [0.25, 0.3) is 16.0 Å². The maximum absolute atomic E-state index is 13.0. The van der Waals surface area contributed by atoms with Gasteiger partial charge < -0.3 is 0 Å². The van der Waals surface area contributed by atoms with Crippen LogP contribution in [0.2, 0.25) is 0 Å². The summed E-state index contributed by atoms with van der Waals surface area (Å²) in [6, 6.07) is 12.8. The van der Waals surface area contributed by atoms with Gasteiger partial charge in [0, 0.05) is 0 Å². The van der Waals surface area contributed by atoms with Gasteiger partial charge in [-0.05, 0) is 47.7 Å². The number of nitrogens with zero attached hydrogens (tertiary/aromatic N) is 3. The van der Waals surface area contributed by atoms with Gasteiger partial charge in [-0.1, -0.05) is 38.1 Å². The van der Waals surface area contributed by atoms with Crippen LogP contribution >= 0.6 is 0 Å². The van der Waals surface area contributed by atoms with Gasteiger partial charge in [0.15, 0.2) is 0 Å². The van der Waals surface area contributed by atoms with E-state index in [9.17, 15) is 12.8 Å². The fourth-order valence-electron chi connectivity index (χ4n) is 2.65. The zero-order valence-electron chi connectivity index (χ0n) is 15.1. The number of halogens is 1. The van der Waals surface area contributed by atoms with Gasteiger partial charge in [-0.25, -0.2) is 22.2 Å². The first-order chi connectivity index (χ1) is 12.8. The van der Waals surface area contributed by atoms with Crippen molar-refractivity contribution in [2.45, 2.75) is 31.7 Å². The van der Waals surface area contributed by atoms with Crippen molar-refractivity contribution < 1.29 is 12.8 Å². The van der Waals surface area contributed by atoms with Gasteiger partial charge in [0.2, 0.25) is 0 Å². The third-order valence-electron chi connectivity index (χ3n) is 3.90. The molecule has 1 aromatic heterocycles. The van der Waals surface area contributed by atoms with Crippen molar-refractivity contribution in [3.8, 4) is 0 Å². The van der Waals surface area contributed by atoms with E-state index in [0.29, 0.717) is 12.5 Å². The Kier molecular flexibility index (Phi) is 5.55. The molecule has 0 radical (unpaired) electrons. The quantitative estimate of drug-likeness (QED) is 0.672. The summed E-state index contributed by atoms with van der Waals surface area (Å²) >= 11 is 0. The molecule has 142 valence electrons. The molecule has 0 fully saturated rings. The molecule has 0 aliphatic carbocycles. The number of hydrogen-bond donors (Lipinski definition) is 1.